The molecule has 3 atom stereocenters. The van der Waals surface area contributed by atoms with Gasteiger partial charge in [-0.1, -0.05) is 39.8 Å². The molecule has 0 aromatic carbocycles. The van der Waals surface area contributed by atoms with Crippen LogP contribution in [-0.4, -0.2) is 6.61 Å². The van der Waals surface area contributed by atoms with Crippen molar-refractivity contribution in [2.75, 3.05) is 6.61 Å². The van der Waals surface area contributed by atoms with E-state index in [2.05, 4.69) is 49.3 Å². The Morgan fingerprint density at radius 2 is 1.62 bits per heavy atom. The fourth-order valence-electron chi connectivity index (χ4n) is 1.41. The quantitative estimate of drug-likeness (QED) is 0.471. The minimum Gasteiger partial charge on any atom is -0.365 e. The summed E-state index contributed by atoms with van der Waals surface area (Å²) in [7, 11) is 2.29. The standard InChI is InChI=1S/C11H23OP/c1-9(2)7-10(3)5-6-11(4)8-12-13/h5-6,9-11H,7-8,13H2,1-4H3/b6-5+. The van der Waals surface area contributed by atoms with Crippen molar-refractivity contribution in [2.24, 2.45) is 17.8 Å². The second-order valence-electron chi connectivity index (χ2n) is 4.30. The minimum absolute atomic E-state index is 0.520. The zero-order valence-corrected chi connectivity index (χ0v) is 10.4. The highest BCUT2D eigenvalue weighted by atomic mass is 31.0. The van der Waals surface area contributed by atoms with Gasteiger partial charge in [-0.3, -0.25) is 0 Å². The lowest BCUT2D eigenvalue weighted by molar-refractivity contribution is 0.330. The first-order chi connectivity index (χ1) is 6.06. The van der Waals surface area contributed by atoms with Crippen LogP contribution in [0.3, 0.4) is 0 Å². The molecule has 0 aliphatic heterocycles. The van der Waals surface area contributed by atoms with E-state index in [-0.39, 0.29) is 0 Å². The highest BCUT2D eigenvalue weighted by molar-refractivity contribution is 7.09. The van der Waals surface area contributed by atoms with E-state index in [1.807, 2.05) is 0 Å². The molecule has 0 spiro atoms. The molecular formula is C11H23OP. The van der Waals surface area contributed by atoms with Gasteiger partial charge in [0.15, 0.2) is 0 Å². The van der Waals surface area contributed by atoms with Gasteiger partial charge in [-0.15, -0.1) is 0 Å². The van der Waals surface area contributed by atoms with E-state index in [0.29, 0.717) is 11.8 Å². The molecule has 0 aromatic rings. The molecule has 0 heterocycles. The Labute approximate surface area is 85.2 Å². The number of hydrogen-bond donors (Lipinski definition) is 0. The molecule has 3 unspecified atom stereocenters. The molecule has 0 N–H and O–H groups in total. The predicted molar refractivity (Wildman–Crippen MR) is 62.6 cm³/mol. The van der Waals surface area contributed by atoms with Crippen molar-refractivity contribution >= 4 is 9.47 Å². The fourth-order valence-corrected chi connectivity index (χ4v) is 1.71. The third-order valence-corrected chi connectivity index (χ3v) is 2.16. The summed E-state index contributed by atoms with van der Waals surface area (Å²) in [6.45, 7) is 9.75. The Balaban J connectivity index is 3.68. The average Bonchev–Trinajstić information content (AvgIpc) is 2.00. The van der Waals surface area contributed by atoms with Gasteiger partial charge in [0.25, 0.3) is 0 Å². The van der Waals surface area contributed by atoms with E-state index in [1.165, 1.54) is 6.42 Å². The highest BCUT2D eigenvalue weighted by Gasteiger charge is 2.01. The van der Waals surface area contributed by atoms with Crippen molar-refractivity contribution in [3.63, 3.8) is 0 Å². The topological polar surface area (TPSA) is 9.23 Å². The molecule has 0 saturated heterocycles. The maximum atomic E-state index is 4.98. The van der Waals surface area contributed by atoms with Gasteiger partial charge < -0.3 is 4.52 Å². The molecule has 0 rings (SSSR count). The molecule has 0 bridgehead atoms. The summed E-state index contributed by atoms with van der Waals surface area (Å²) in [6.07, 6.45) is 5.82. The van der Waals surface area contributed by atoms with Gasteiger partial charge in [-0.25, -0.2) is 0 Å². The number of rotatable bonds is 6. The molecule has 0 amide bonds. The van der Waals surface area contributed by atoms with Gasteiger partial charge in [0.2, 0.25) is 0 Å². The van der Waals surface area contributed by atoms with E-state index in [0.717, 1.165) is 12.5 Å². The Hall–Kier alpha value is 0.130. The summed E-state index contributed by atoms with van der Waals surface area (Å²) in [5.41, 5.74) is 0. The molecule has 13 heavy (non-hydrogen) atoms. The van der Waals surface area contributed by atoms with Gasteiger partial charge in [-0.05, 0) is 24.2 Å². The monoisotopic (exact) mass is 202 g/mol. The van der Waals surface area contributed by atoms with Crippen LogP contribution >= 0.6 is 9.47 Å². The molecular weight excluding hydrogens is 179 g/mol. The molecule has 0 aliphatic rings. The maximum Gasteiger partial charge on any atom is 0.0562 e. The summed E-state index contributed by atoms with van der Waals surface area (Å²) >= 11 is 0. The molecule has 1 nitrogen and oxygen atoms in total. The SMILES string of the molecule is CC(C)CC(C)/C=C/C(C)COP. The molecule has 0 aromatic heterocycles. The fraction of sp³-hybridized carbons (Fsp3) is 0.818. The Kier molecular flexibility index (Phi) is 7.60. The molecule has 78 valence electrons. The number of allylic oxidation sites excluding steroid dienone is 1. The minimum atomic E-state index is 0.520. The van der Waals surface area contributed by atoms with E-state index < -0.39 is 0 Å². The summed E-state index contributed by atoms with van der Waals surface area (Å²) < 4.78 is 4.98. The lowest BCUT2D eigenvalue weighted by atomic mass is 9.97. The van der Waals surface area contributed by atoms with Crippen molar-refractivity contribution in [3.8, 4) is 0 Å². The number of hydrogen-bond acceptors (Lipinski definition) is 1. The van der Waals surface area contributed by atoms with Gasteiger partial charge in [-0.2, -0.15) is 0 Å². The summed E-state index contributed by atoms with van der Waals surface area (Å²) in [5.74, 6) is 1.99. The highest BCUT2D eigenvalue weighted by Crippen LogP contribution is 2.13. The van der Waals surface area contributed by atoms with Crippen LogP contribution in [0.2, 0.25) is 0 Å². The summed E-state index contributed by atoms with van der Waals surface area (Å²) in [5, 5.41) is 0. The van der Waals surface area contributed by atoms with Crippen molar-refractivity contribution in [1.82, 2.24) is 0 Å². The molecule has 0 aliphatic carbocycles. The van der Waals surface area contributed by atoms with Crippen LogP contribution in [0.25, 0.3) is 0 Å². The normalized spacial score (nSPS) is 16.8. The Morgan fingerprint density at radius 1 is 1.08 bits per heavy atom. The summed E-state index contributed by atoms with van der Waals surface area (Å²) in [4.78, 5) is 0. The van der Waals surface area contributed by atoms with Crippen LogP contribution in [0.4, 0.5) is 0 Å². The lowest BCUT2D eigenvalue weighted by Crippen LogP contribution is -2.00. The van der Waals surface area contributed by atoms with E-state index in [4.69, 9.17) is 4.52 Å². The molecule has 0 saturated carbocycles. The van der Waals surface area contributed by atoms with Crippen LogP contribution in [-0.2, 0) is 4.52 Å². The smallest absolute Gasteiger partial charge is 0.0562 e. The second-order valence-corrected chi connectivity index (χ2v) is 4.64. The van der Waals surface area contributed by atoms with Crippen LogP contribution in [0.15, 0.2) is 12.2 Å². The van der Waals surface area contributed by atoms with Gasteiger partial charge in [0.05, 0.1) is 6.61 Å². The molecule has 2 heteroatoms. The summed E-state index contributed by atoms with van der Waals surface area (Å²) in [6, 6.07) is 0. The predicted octanol–water partition coefficient (Wildman–Crippen LogP) is 3.67. The third-order valence-electron chi connectivity index (χ3n) is 1.97. The van der Waals surface area contributed by atoms with Crippen molar-refractivity contribution in [3.05, 3.63) is 12.2 Å². The van der Waals surface area contributed by atoms with E-state index >= 15 is 0 Å². The Morgan fingerprint density at radius 3 is 2.08 bits per heavy atom. The van der Waals surface area contributed by atoms with Crippen LogP contribution in [0.5, 0.6) is 0 Å². The zero-order valence-electron chi connectivity index (χ0n) is 9.29. The van der Waals surface area contributed by atoms with Crippen molar-refractivity contribution in [2.45, 2.75) is 34.1 Å². The van der Waals surface area contributed by atoms with Crippen molar-refractivity contribution in [1.29, 1.82) is 0 Å². The first-order valence-electron chi connectivity index (χ1n) is 5.06. The third kappa shape index (κ3) is 8.46. The van der Waals surface area contributed by atoms with Gasteiger partial charge in [0, 0.05) is 9.47 Å². The molecule has 0 radical (unpaired) electrons. The van der Waals surface area contributed by atoms with Crippen LogP contribution < -0.4 is 0 Å². The Bertz CT molecular complexity index is 143. The maximum absolute atomic E-state index is 4.98. The van der Waals surface area contributed by atoms with Gasteiger partial charge >= 0.3 is 0 Å². The average molecular weight is 202 g/mol. The van der Waals surface area contributed by atoms with Crippen LogP contribution in [0.1, 0.15) is 34.1 Å². The molecule has 0 fully saturated rings. The lowest BCUT2D eigenvalue weighted by Gasteiger charge is -2.10. The largest absolute Gasteiger partial charge is 0.365 e. The van der Waals surface area contributed by atoms with Gasteiger partial charge in [0.1, 0.15) is 0 Å². The van der Waals surface area contributed by atoms with Crippen molar-refractivity contribution < 1.29 is 4.52 Å². The first-order valence-corrected chi connectivity index (χ1v) is 5.53. The zero-order chi connectivity index (χ0) is 10.3. The van der Waals surface area contributed by atoms with E-state index in [1.54, 1.807) is 0 Å². The second kappa shape index (κ2) is 7.53. The van der Waals surface area contributed by atoms with Crippen LogP contribution in [0, 0.1) is 17.8 Å². The first kappa shape index (κ1) is 13.1. The van der Waals surface area contributed by atoms with E-state index in [9.17, 15) is 0 Å².